The van der Waals surface area contributed by atoms with Crippen LogP contribution in [0.3, 0.4) is 0 Å². The zero-order valence-electron chi connectivity index (χ0n) is 11.7. The van der Waals surface area contributed by atoms with E-state index in [0.717, 1.165) is 36.9 Å². The number of hydrogen-bond acceptors (Lipinski definition) is 4. The van der Waals surface area contributed by atoms with Crippen molar-refractivity contribution in [2.45, 2.75) is 39.5 Å². The fourth-order valence-corrected chi connectivity index (χ4v) is 2.74. The molecule has 0 N–H and O–H groups in total. The highest BCUT2D eigenvalue weighted by Crippen LogP contribution is 2.23. The van der Waals surface area contributed by atoms with Gasteiger partial charge in [-0.2, -0.15) is 14.6 Å². The fourth-order valence-electron chi connectivity index (χ4n) is 2.74. The van der Waals surface area contributed by atoms with E-state index in [1.807, 2.05) is 4.52 Å². The molecule has 2 aromatic heterocycles. The second kappa shape index (κ2) is 5.15. The normalized spacial score (nSPS) is 20.7. The monoisotopic (exact) mass is 259 g/mol. The highest BCUT2D eigenvalue weighted by atomic mass is 15.4. The fraction of sp³-hybridized carbons (Fsp3) is 0.643. The van der Waals surface area contributed by atoms with Crippen LogP contribution in [0.5, 0.6) is 0 Å². The van der Waals surface area contributed by atoms with Crippen LogP contribution in [0.25, 0.3) is 5.78 Å². The molecule has 1 saturated heterocycles. The Bertz CT molecular complexity index is 562. The van der Waals surface area contributed by atoms with Crippen molar-refractivity contribution >= 4 is 11.6 Å². The molecule has 3 heterocycles. The van der Waals surface area contributed by atoms with Crippen molar-refractivity contribution < 1.29 is 0 Å². The molecule has 1 atom stereocenters. The standard InChI is InChI=1S/C14H21N5/c1-3-12-9-13(19-14(17-12)15-10-16-19)18-7-4-5-11(2)6-8-18/h9-11H,3-8H2,1-2H3. The molecule has 3 rings (SSSR count). The number of aryl methyl sites for hydroxylation is 1. The average molecular weight is 259 g/mol. The molecule has 1 aliphatic heterocycles. The Morgan fingerprint density at radius 2 is 2.21 bits per heavy atom. The smallest absolute Gasteiger partial charge is 0.254 e. The van der Waals surface area contributed by atoms with Gasteiger partial charge in [-0.05, 0) is 31.6 Å². The van der Waals surface area contributed by atoms with Crippen molar-refractivity contribution in [3.05, 3.63) is 18.1 Å². The topological polar surface area (TPSA) is 46.3 Å². The summed E-state index contributed by atoms with van der Waals surface area (Å²) >= 11 is 0. The summed E-state index contributed by atoms with van der Waals surface area (Å²) in [6.45, 7) is 6.68. The van der Waals surface area contributed by atoms with Gasteiger partial charge in [0.25, 0.3) is 5.78 Å². The van der Waals surface area contributed by atoms with Gasteiger partial charge in [0.1, 0.15) is 12.1 Å². The largest absolute Gasteiger partial charge is 0.356 e. The highest BCUT2D eigenvalue weighted by Gasteiger charge is 2.18. The molecule has 5 nitrogen and oxygen atoms in total. The Morgan fingerprint density at radius 3 is 3.05 bits per heavy atom. The summed E-state index contributed by atoms with van der Waals surface area (Å²) in [5, 5.41) is 4.32. The maximum Gasteiger partial charge on any atom is 0.254 e. The highest BCUT2D eigenvalue weighted by molar-refractivity contribution is 5.47. The molecule has 0 amide bonds. The second-order valence-electron chi connectivity index (χ2n) is 5.45. The van der Waals surface area contributed by atoms with E-state index in [1.54, 1.807) is 6.33 Å². The molecule has 19 heavy (non-hydrogen) atoms. The summed E-state index contributed by atoms with van der Waals surface area (Å²) in [5.41, 5.74) is 1.09. The van der Waals surface area contributed by atoms with Crippen molar-refractivity contribution in [1.29, 1.82) is 0 Å². The van der Waals surface area contributed by atoms with Gasteiger partial charge < -0.3 is 4.90 Å². The molecule has 0 radical (unpaired) electrons. The molecule has 0 aliphatic carbocycles. The Labute approximate surface area is 113 Å². The van der Waals surface area contributed by atoms with Gasteiger partial charge in [0.15, 0.2) is 0 Å². The Balaban J connectivity index is 2.00. The van der Waals surface area contributed by atoms with Crippen molar-refractivity contribution in [2.24, 2.45) is 5.92 Å². The summed E-state index contributed by atoms with van der Waals surface area (Å²) in [7, 11) is 0. The van der Waals surface area contributed by atoms with Gasteiger partial charge in [-0.25, -0.2) is 4.98 Å². The van der Waals surface area contributed by atoms with E-state index < -0.39 is 0 Å². The minimum absolute atomic E-state index is 0.714. The number of hydrogen-bond donors (Lipinski definition) is 0. The van der Waals surface area contributed by atoms with E-state index in [2.05, 4.69) is 39.9 Å². The number of aromatic nitrogens is 4. The van der Waals surface area contributed by atoms with Crippen molar-refractivity contribution in [1.82, 2.24) is 19.6 Å². The van der Waals surface area contributed by atoms with Crippen LogP contribution < -0.4 is 4.90 Å². The predicted molar refractivity (Wildman–Crippen MR) is 75.4 cm³/mol. The molecule has 1 fully saturated rings. The summed E-state index contributed by atoms with van der Waals surface area (Å²) in [6.07, 6.45) is 6.34. The van der Waals surface area contributed by atoms with Crippen LogP contribution in [0.4, 0.5) is 5.82 Å². The zero-order valence-corrected chi connectivity index (χ0v) is 11.7. The minimum atomic E-state index is 0.714. The van der Waals surface area contributed by atoms with Crippen LogP contribution >= 0.6 is 0 Å². The third kappa shape index (κ3) is 2.41. The molecule has 1 aliphatic rings. The average Bonchev–Trinajstić information content (AvgIpc) is 2.79. The van der Waals surface area contributed by atoms with Gasteiger partial charge >= 0.3 is 0 Å². The molecule has 1 unspecified atom stereocenters. The maximum atomic E-state index is 4.51. The molecule has 5 heteroatoms. The number of fused-ring (bicyclic) bond motifs is 1. The van der Waals surface area contributed by atoms with Crippen LogP contribution in [0, 0.1) is 5.92 Å². The first-order valence-corrected chi connectivity index (χ1v) is 7.22. The zero-order chi connectivity index (χ0) is 13.2. The third-order valence-corrected chi connectivity index (χ3v) is 3.99. The minimum Gasteiger partial charge on any atom is -0.356 e. The third-order valence-electron chi connectivity index (χ3n) is 3.99. The molecule has 0 bridgehead atoms. The first-order chi connectivity index (χ1) is 9.28. The van der Waals surface area contributed by atoms with Crippen molar-refractivity contribution in [3.8, 4) is 0 Å². The Hall–Kier alpha value is -1.65. The van der Waals surface area contributed by atoms with Crippen LogP contribution in [-0.2, 0) is 6.42 Å². The lowest BCUT2D eigenvalue weighted by Gasteiger charge is -2.23. The molecular weight excluding hydrogens is 238 g/mol. The number of nitrogens with zero attached hydrogens (tertiary/aromatic N) is 5. The van der Waals surface area contributed by atoms with Gasteiger partial charge in [0.05, 0.1) is 0 Å². The lowest BCUT2D eigenvalue weighted by Crippen LogP contribution is -2.27. The van der Waals surface area contributed by atoms with Crippen LogP contribution in [0.2, 0.25) is 0 Å². The number of rotatable bonds is 2. The van der Waals surface area contributed by atoms with Gasteiger partial charge in [-0.3, -0.25) is 0 Å². The summed E-state index contributed by atoms with van der Waals surface area (Å²) in [5.74, 6) is 2.68. The van der Waals surface area contributed by atoms with E-state index in [9.17, 15) is 0 Å². The van der Waals surface area contributed by atoms with E-state index in [0.29, 0.717) is 5.78 Å². The summed E-state index contributed by atoms with van der Waals surface area (Å²) in [4.78, 5) is 11.2. The summed E-state index contributed by atoms with van der Waals surface area (Å²) < 4.78 is 1.87. The second-order valence-corrected chi connectivity index (χ2v) is 5.45. The Morgan fingerprint density at radius 1 is 1.32 bits per heavy atom. The summed E-state index contributed by atoms with van der Waals surface area (Å²) in [6, 6.07) is 2.16. The van der Waals surface area contributed by atoms with E-state index in [1.165, 1.54) is 19.3 Å². The van der Waals surface area contributed by atoms with E-state index in [-0.39, 0.29) is 0 Å². The first kappa shape index (κ1) is 12.4. The van der Waals surface area contributed by atoms with Gasteiger partial charge in [0, 0.05) is 24.8 Å². The maximum absolute atomic E-state index is 4.51. The lowest BCUT2D eigenvalue weighted by atomic mass is 10.0. The molecular formula is C14H21N5. The predicted octanol–water partition coefficient (Wildman–Crippen LogP) is 2.31. The first-order valence-electron chi connectivity index (χ1n) is 7.22. The van der Waals surface area contributed by atoms with Crippen LogP contribution in [-0.4, -0.2) is 32.7 Å². The lowest BCUT2D eigenvalue weighted by molar-refractivity contribution is 0.521. The van der Waals surface area contributed by atoms with Crippen LogP contribution in [0.1, 0.15) is 38.8 Å². The molecule has 0 aromatic carbocycles. The van der Waals surface area contributed by atoms with Crippen molar-refractivity contribution in [3.63, 3.8) is 0 Å². The SMILES string of the molecule is CCc1cc(N2CCCC(C)CC2)n2ncnc2n1. The van der Waals surface area contributed by atoms with E-state index >= 15 is 0 Å². The molecule has 102 valence electrons. The van der Waals surface area contributed by atoms with E-state index in [4.69, 9.17) is 0 Å². The van der Waals surface area contributed by atoms with Crippen molar-refractivity contribution in [2.75, 3.05) is 18.0 Å². The quantitative estimate of drug-likeness (QED) is 0.830. The van der Waals surface area contributed by atoms with Crippen LogP contribution in [0.15, 0.2) is 12.4 Å². The molecule has 0 spiro atoms. The van der Waals surface area contributed by atoms with Gasteiger partial charge in [-0.1, -0.05) is 13.8 Å². The molecule has 0 saturated carbocycles. The van der Waals surface area contributed by atoms with Gasteiger partial charge in [0.2, 0.25) is 0 Å². The van der Waals surface area contributed by atoms with Gasteiger partial charge in [-0.15, -0.1) is 0 Å². The number of anilines is 1. The molecule has 2 aromatic rings. The Kier molecular flexibility index (Phi) is 3.36.